The van der Waals surface area contributed by atoms with Crippen LogP contribution in [-0.4, -0.2) is 38.5 Å². The fourth-order valence-electron chi connectivity index (χ4n) is 1.93. The van der Waals surface area contributed by atoms with Crippen LogP contribution in [0.1, 0.15) is 48.8 Å². The highest BCUT2D eigenvalue weighted by atomic mass is 16.4. The third-order valence-corrected chi connectivity index (χ3v) is 3.10. The van der Waals surface area contributed by atoms with Gasteiger partial charge in [-0.05, 0) is 24.7 Å². The van der Waals surface area contributed by atoms with Gasteiger partial charge in [0.2, 0.25) is 5.91 Å². The van der Waals surface area contributed by atoms with Gasteiger partial charge >= 0.3 is 5.97 Å². The maximum atomic E-state index is 11.8. The molecule has 1 amide bonds. The molecule has 1 fully saturated rings. The lowest BCUT2D eigenvalue weighted by molar-refractivity contribution is -0.122. The van der Waals surface area contributed by atoms with Gasteiger partial charge in [0.1, 0.15) is 6.54 Å². The van der Waals surface area contributed by atoms with E-state index in [9.17, 15) is 9.59 Å². The summed E-state index contributed by atoms with van der Waals surface area (Å²) < 4.78 is 1.37. The number of hydrogen-bond donors (Lipinski definition) is 2. The third-order valence-electron chi connectivity index (χ3n) is 3.10. The summed E-state index contributed by atoms with van der Waals surface area (Å²) in [6.07, 6.45) is 2.34. The molecule has 0 radical (unpaired) electrons. The van der Waals surface area contributed by atoms with Crippen molar-refractivity contribution in [2.75, 3.05) is 6.54 Å². The van der Waals surface area contributed by atoms with Crippen LogP contribution in [0.5, 0.6) is 0 Å². The van der Waals surface area contributed by atoms with Crippen molar-refractivity contribution in [1.82, 2.24) is 20.3 Å². The van der Waals surface area contributed by atoms with E-state index in [1.165, 1.54) is 17.5 Å². The van der Waals surface area contributed by atoms with Crippen LogP contribution in [0.3, 0.4) is 0 Å². The number of nitrogens with one attached hydrogen (secondary N) is 1. The number of nitrogens with zero attached hydrogens (tertiary/aromatic N) is 3. The predicted molar refractivity (Wildman–Crippen MR) is 66.8 cm³/mol. The highest BCUT2D eigenvalue weighted by Gasteiger charge is 2.24. The van der Waals surface area contributed by atoms with Gasteiger partial charge in [0, 0.05) is 6.54 Å². The van der Waals surface area contributed by atoms with Crippen LogP contribution < -0.4 is 5.32 Å². The molecule has 104 valence electrons. The molecule has 0 spiro atoms. The molecule has 2 rings (SSSR count). The van der Waals surface area contributed by atoms with Crippen molar-refractivity contribution in [3.8, 4) is 0 Å². The van der Waals surface area contributed by atoms with Crippen molar-refractivity contribution in [1.29, 1.82) is 0 Å². The SMILES string of the molecule is CC(C)c1c(C(=O)O)nnn1CC(=O)NCC1CC1. The lowest BCUT2D eigenvalue weighted by atomic mass is 10.1. The largest absolute Gasteiger partial charge is 0.476 e. The van der Waals surface area contributed by atoms with E-state index in [1.54, 1.807) is 0 Å². The lowest BCUT2D eigenvalue weighted by Crippen LogP contribution is -2.30. The molecule has 1 aliphatic carbocycles. The number of amides is 1. The van der Waals surface area contributed by atoms with E-state index in [-0.39, 0.29) is 24.1 Å². The van der Waals surface area contributed by atoms with Crippen LogP contribution in [-0.2, 0) is 11.3 Å². The molecule has 19 heavy (non-hydrogen) atoms. The molecule has 1 aromatic heterocycles. The average molecular weight is 266 g/mol. The number of aromatic carboxylic acids is 1. The summed E-state index contributed by atoms with van der Waals surface area (Å²) in [7, 11) is 0. The maximum absolute atomic E-state index is 11.8. The number of rotatable bonds is 6. The van der Waals surface area contributed by atoms with E-state index in [1.807, 2.05) is 13.8 Å². The molecular weight excluding hydrogens is 248 g/mol. The van der Waals surface area contributed by atoms with Crippen LogP contribution in [0.2, 0.25) is 0 Å². The summed E-state index contributed by atoms with van der Waals surface area (Å²) in [5, 5.41) is 19.3. The second-order valence-corrected chi connectivity index (χ2v) is 5.19. The van der Waals surface area contributed by atoms with E-state index < -0.39 is 5.97 Å². The van der Waals surface area contributed by atoms with Gasteiger partial charge in [-0.25, -0.2) is 9.48 Å². The summed E-state index contributed by atoms with van der Waals surface area (Å²) in [5.74, 6) is -0.722. The first-order chi connectivity index (χ1) is 8.99. The molecule has 1 aliphatic rings. The molecule has 0 saturated heterocycles. The van der Waals surface area contributed by atoms with Crippen LogP contribution >= 0.6 is 0 Å². The Morgan fingerprint density at radius 3 is 2.68 bits per heavy atom. The van der Waals surface area contributed by atoms with Crippen molar-refractivity contribution >= 4 is 11.9 Å². The van der Waals surface area contributed by atoms with E-state index in [0.29, 0.717) is 18.2 Å². The zero-order valence-electron chi connectivity index (χ0n) is 11.1. The molecule has 0 unspecified atom stereocenters. The Morgan fingerprint density at radius 2 is 2.16 bits per heavy atom. The molecule has 0 atom stereocenters. The van der Waals surface area contributed by atoms with Crippen molar-refractivity contribution < 1.29 is 14.7 Å². The monoisotopic (exact) mass is 266 g/mol. The number of carbonyl (C=O) groups excluding carboxylic acids is 1. The Balaban J connectivity index is 2.05. The van der Waals surface area contributed by atoms with Crippen molar-refractivity contribution in [3.63, 3.8) is 0 Å². The molecule has 2 N–H and O–H groups in total. The minimum Gasteiger partial charge on any atom is -0.476 e. The summed E-state index contributed by atoms with van der Waals surface area (Å²) in [6, 6.07) is 0. The number of carbonyl (C=O) groups is 2. The number of aromatic nitrogens is 3. The van der Waals surface area contributed by atoms with Crippen LogP contribution in [0.4, 0.5) is 0 Å². The minimum atomic E-state index is -1.12. The van der Waals surface area contributed by atoms with Gasteiger partial charge in [0.15, 0.2) is 5.69 Å². The molecule has 1 heterocycles. The third kappa shape index (κ3) is 3.30. The van der Waals surface area contributed by atoms with Gasteiger partial charge < -0.3 is 10.4 Å². The van der Waals surface area contributed by atoms with Crippen LogP contribution in [0.15, 0.2) is 0 Å². The lowest BCUT2D eigenvalue weighted by Gasteiger charge is -2.10. The molecule has 1 saturated carbocycles. The van der Waals surface area contributed by atoms with Crippen LogP contribution in [0.25, 0.3) is 0 Å². The summed E-state index contributed by atoms with van der Waals surface area (Å²) >= 11 is 0. The molecular formula is C12H18N4O3. The Bertz CT molecular complexity index is 491. The van der Waals surface area contributed by atoms with Gasteiger partial charge in [-0.2, -0.15) is 0 Å². The number of carboxylic acids is 1. The Hall–Kier alpha value is -1.92. The second kappa shape index (κ2) is 5.38. The first-order valence-corrected chi connectivity index (χ1v) is 6.42. The molecule has 7 heteroatoms. The van der Waals surface area contributed by atoms with E-state index in [4.69, 9.17) is 5.11 Å². The average Bonchev–Trinajstić information content (AvgIpc) is 3.06. The normalized spacial score (nSPS) is 14.7. The predicted octanol–water partition coefficient (Wildman–Crippen LogP) is 0.626. The summed E-state index contributed by atoms with van der Waals surface area (Å²) in [5.41, 5.74) is 0.402. The van der Waals surface area contributed by atoms with Gasteiger partial charge in [-0.1, -0.05) is 19.1 Å². The van der Waals surface area contributed by atoms with E-state index in [0.717, 1.165) is 0 Å². The fourth-order valence-corrected chi connectivity index (χ4v) is 1.93. The van der Waals surface area contributed by atoms with Gasteiger partial charge in [-0.15, -0.1) is 5.10 Å². The number of carboxylic acid groups (broad SMARTS) is 1. The highest BCUT2D eigenvalue weighted by molar-refractivity contribution is 5.86. The zero-order valence-corrected chi connectivity index (χ0v) is 11.1. The first-order valence-electron chi connectivity index (χ1n) is 6.42. The molecule has 7 nitrogen and oxygen atoms in total. The minimum absolute atomic E-state index is 0.0144. The van der Waals surface area contributed by atoms with Crippen LogP contribution in [0, 0.1) is 5.92 Å². The number of hydrogen-bond acceptors (Lipinski definition) is 4. The zero-order chi connectivity index (χ0) is 14.0. The quantitative estimate of drug-likeness (QED) is 0.787. The summed E-state index contributed by atoms with van der Waals surface area (Å²) in [4.78, 5) is 22.8. The van der Waals surface area contributed by atoms with Gasteiger partial charge in [0.05, 0.1) is 5.69 Å². The Morgan fingerprint density at radius 1 is 1.47 bits per heavy atom. The topological polar surface area (TPSA) is 97.1 Å². The van der Waals surface area contributed by atoms with E-state index >= 15 is 0 Å². The van der Waals surface area contributed by atoms with Gasteiger partial charge in [0.25, 0.3) is 0 Å². The molecule has 0 aromatic carbocycles. The Labute approximate surface area is 111 Å². The van der Waals surface area contributed by atoms with Crippen molar-refractivity contribution in [2.24, 2.45) is 5.92 Å². The second-order valence-electron chi connectivity index (χ2n) is 5.19. The molecule has 0 aliphatic heterocycles. The molecule has 1 aromatic rings. The fraction of sp³-hybridized carbons (Fsp3) is 0.667. The highest BCUT2D eigenvalue weighted by Crippen LogP contribution is 2.27. The van der Waals surface area contributed by atoms with Crippen molar-refractivity contribution in [2.45, 2.75) is 39.2 Å². The van der Waals surface area contributed by atoms with Crippen molar-refractivity contribution in [3.05, 3.63) is 11.4 Å². The smallest absolute Gasteiger partial charge is 0.358 e. The molecule has 0 bridgehead atoms. The maximum Gasteiger partial charge on any atom is 0.358 e. The summed E-state index contributed by atoms with van der Waals surface area (Å²) in [6.45, 7) is 4.41. The van der Waals surface area contributed by atoms with E-state index in [2.05, 4.69) is 15.6 Å². The first kappa shape index (κ1) is 13.5. The standard InChI is InChI=1S/C12H18N4O3/c1-7(2)11-10(12(18)19)14-15-16(11)6-9(17)13-5-8-3-4-8/h7-8H,3-6H2,1-2H3,(H,13,17)(H,18,19). The Kier molecular flexibility index (Phi) is 3.82. The van der Waals surface area contributed by atoms with Gasteiger partial charge in [-0.3, -0.25) is 4.79 Å².